The van der Waals surface area contributed by atoms with Gasteiger partial charge in [0.25, 0.3) is 17.5 Å². The summed E-state index contributed by atoms with van der Waals surface area (Å²) in [5, 5.41) is 16.9. The fraction of sp³-hybridized carbons (Fsp3) is 0.400. The van der Waals surface area contributed by atoms with Gasteiger partial charge >= 0.3 is 0 Å². The second kappa shape index (κ2) is 8.80. The number of amides is 2. The largest absolute Gasteiger partial charge is 0.348 e. The average Bonchev–Trinajstić information content (AvgIpc) is 3.26. The number of nitrogens with one attached hydrogen (secondary N) is 2. The van der Waals surface area contributed by atoms with E-state index in [-0.39, 0.29) is 27.8 Å². The molecule has 32 heavy (non-hydrogen) atoms. The van der Waals surface area contributed by atoms with E-state index in [2.05, 4.69) is 10.6 Å². The number of benzene rings is 1. The molecule has 0 spiro atoms. The maximum Gasteiger partial charge on any atom is 0.288 e. The van der Waals surface area contributed by atoms with Crippen molar-refractivity contribution in [1.29, 1.82) is 0 Å². The van der Waals surface area contributed by atoms with Gasteiger partial charge in [0.2, 0.25) is 0 Å². The third kappa shape index (κ3) is 4.64. The van der Waals surface area contributed by atoms with E-state index < -0.39 is 32.6 Å². The third-order valence-electron chi connectivity index (χ3n) is 5.60. The molecule has 1 aromatic heterocycles. The molecule has 0 saturated carbocycles. The summed E-state index contributed by atoms with van der Waals surface area (Å²) in [4.78, 5) is 37.4. The Morgan fingerprint density at radius 1 is 1.19 bits per heavy atom. The third-order valence-corrected chi connectivity index (χ3v) is 8.89. The zero-order valence-electron chi connectivity index (χ0n) is 16.9. The van der Waals surface area contributed by atoms with Crippen molar-refractivity contribution in [1.82, 2.24) is 5.32 Å². The number of carbonyl (C=O) groups excluding carboxylic acids is 2. The van der Waals surface area contributed by atoms with Crippen LogP contribution in [0, 0.1) is 10.1 Å². The minimum atomic E-state index is -3.15. The number of rotatable bonds is 5. The van der Waals surface area contributed by atoms with Crippen molar-refractivity contribution >= 4 is 55.3 Å². The molecule has 0 radical (unpaired) electrons. The van der Waals surface area contributed by atoms with Crippen LogP contribution in [0.3, 0.4) is 0 Å². The molecular weight excluding hydrogens is 478 g/mol. The summed E-state index contributed by atoms with van der Waals surface area (Å²) in [5.41, 5.74) is 0.883. The van der Waals surface area contributed by atoms with Crippen molar-refractivity contribution in [2.24, 2.45) is 0 Å². The number of carbonyl (C=O) groups is 2. The van der Waals surface area contributed by atoms with Gasteiger partial charge in [0, 0.05) is 22.5 Å². The first-order valence-electron chi connectivity index (χ1n) is 10.1. The molecule has 1 aliphatic heterocycles. The van der Waals surface area contributed by atoms with Gasteiger partial charge in [-0.15, -0.1) is 11.3 Å². The number of anilines is 1. The quantitative estimate of drug-likeness (QED) is 0.480. The second-order valence-corrected chi connectivity index (χ2v) is 11.6. The lowest BCUT2D eigenvalue weighted by Crippen LogP contribution is -2.36. The Morgan fingerprint density at radius 2 is 1.94 bits per heavy atom. The number of thiophene rings is 1. The minimum absolute atomic E-state index is 0.0403. The molecule has 9 nitrogen and oxygen atoms in total. The Bertz CT molecular complexity index is 1220. The van der Waals surface area contributed by atoms with Crippen LogP contribution < -0.4 is 10.6 Å². The van der Waals surface area contributed by atoms with E-state index in [1.165, 1.54) is 23.5 Å². The van der Waals surface area contributed by atoms with Crippen LogP contribution in [0.5, 0.6) is 0 Å². The Morgan fingerprint density at radius 3 is 2.62 bits per heavy atom. The van der Waals surface area contributed by atoms with Crippen molar-refractivity contribution in [3.8, 4) is 0 Å². The lowest BCUT2D eigenvalue weighted by molar-refractivity contribution is -0.384. The summed E-state index contributed by atoms with van der Waals surface area (Å²) in [6.07, 6.45) is 3.74. The number of nitro groups is 1. The molecule has 2 aromatic rings. The molecule has 1 aromatic carbocycles. The first-order valence-corrected chi connectivity index (χ1v) is 13.1. The van der Waals surface area contributed by atoms with Crippen LogP contribution in [-0.2, 0) is 22.7 Å². The van der Waals surface area contributed by atoms with Gasteiger partial charge in [0.1, 0.15) is 10.0 Å². The number of nitro benzene ring substituents is 1. The Hall–Kier alpha value is -2.50. The highest BCUT2D eigenvalue weighted by Gasteiger charge is 2.32. The molecule has 2 N–H and O–H groups in total. The van der Waals surface area contributed by atoms with Gasteiger partial charge in [-0.1, -0.05) is 11.6 Å². The van der Waals surface area contributed by atoms with Crippen molar-refractivity contribution in [3.05, 3.63) is 54.9 Å². The minimum Gasteiger partial charge on any atom is -0.348 e. The monoisotopic (exact) mass is 497 g/mol. The normalized spacial score (nSPS) is 19.2. The second-order valence-electron chi connectivity index (χ2n) is 7.87. The number of hydrogen-bond acceptors (Lipinski definition) is 7. The van der Waals surface area contributed by atoms with Crippen LogP contribution in [0.1, 0.15) is 50.4 Å². The summed E-state index contributed by atoms with van der Waals surface area (Å²) in [6.45, 7) is 0. The standard InChI is InChI=1S/C20H20ClN3O6S2/c21-14-6-5-11(9-15(14)24(27)28)18(25)23-20-17(13-3-1-2-4-16(13)31-20)19(26)22-12-7-8-32(29,30)10-12/h5-6,9,12H,1-4,7-8,10H2,(H,22,26)(H,23,25)/t12-/m1/s1. The summed E-state index contributed by atoms with van der Waals surface area (Å²) in [6, 6.07) is 3.28. The fourth-order valence-electron chi connectivity index (χ4n) is 4.03. The highest BCUT2D eigenvalue weighted by atomic mass is 35.5. The zero-order chi connectivity index (χ0) is 23.0. The van der Waals surface area contributed by atoms with Gasteiger partial charge < -0.3 is 10.6 Å². The van der Waals surface area contributed by atoms with Gasteiger partial charge in [0.05, 0.1) is 22.0 Å². The van der Waals surface area contributed by atoms with Crippen LogP contribution in [-0.4, -0.2) is 42.7 Å². The lowest BCUT2D eigenvalue weighted by Gasteiger charge is -2.15. The molecular formula is C20H20ClN3O6S2. The van der Waals surface area contributed by atoms with Crippen LogP contribution in [0.25, 0.3) is 0 Å². The summed E-state index contributed by atoms with van der Waals surface area (Å²) < 4.78 is 23.5. The Kier molecular flexibility index (Phi) is 6.24. The van der Waals surface area contributed by atoms with E-state index in [0.717, 1.165) is 35.8 Å². The number of hydrogen-bond donors (Lipinski definition) is 2. The summed E-state index contributed by atoms with van der Waals surface area (Å²) in [5.74, 6) is -1.07. The molecule has 1 atom stereocenters. The van der Waals surface area contributed by atoms with Crippen LogP contribution in [0.15, 0.2) is 18.2 Å². The van der Waals surface area contributed by atoms with Gasteiger partial charge in [-0.05, 0) is 49.8 Å². The van der Waals surface area contributed by atoms with E-state index in [4.69, 9.17) is 11.6 Å². The molecule has 2 amide bonds. The molecule has 170 valence electrons. The van der Waals surface area contributed by atoms with E-state index in [9.17, 15) is 28.1 Å². The predicted octanol–water partition coefficient (Wildman–Crippen LogP) is 3.36. The molecule has 12 heteroatoms. The maximum absolute atomic E-state index is 13.1. The molecule has 2 aliphatic rings. The lowest BCUT2D eigenvalue weighted by atomic mass is 9.95. The summed E-state index contributed by atoms with van der Waals surface area (Å²) >= 11 is 7.14. The van der Waals surface area contributed by atoms with Crippen molar-refractivity contribution in [2.75, 3.05) is 16.8 Å². The van der Waals surface area contributed by atoms with E-state index in [1.54, 1.807) is 0 Å². The number of halogens is 1. The predicted molar refractivity (Wildman–Crippen MR) is 122 cm³/mol. The molecule has 1 fully saturated rings. The topological polar surface area (TPSA) is 135 Å². The fourth-order valence-corrected chi connectivity index (χ4v) is 7.17. The Labute approximate surface area is 193 Å². The smallest absolute Gasteiger partial charge is 0.288 e. The Balaban J connectivity index is 1.62. The number of nitrogens with zero attached hydrogens (tertiary/aromatic N) is 1. The molecule has 1 aliphatic carbocycles. The van der Waals surface area contributed by atoms with E-state index in [0.29, 0.717) is 23.4 Å². The maximum atomic E-state index is 13.1. The SMILES string of the molecule is O=C(Nc1sc2c(c1C(=O)N[C@@H]1CCS(=O)(=O)C1)CCCC2)c1ccc(Cl)c([N+](=O)[O-])c1. The van der Waals surface area contributed by atoms with E-state index >= 15 is 0 Å². The van der Waals surface area contributed by atoms with Crippen LogP contribution in [0.4, 0.5) is 10.7 Å². The van der Waals surface area contributed by atoms with Crippen molar-refractivity contribution in [2.45, 2.75) is 38.1 Å². The highest BCUT2D eigenvalue weighted by Crippen LogP contribution is 2.38. The molecule has 0 bridgehead atoms. The number of aryl methyl sites for hydroxylation is 1. The molecule has 2 heterocycles. The van der Waals surface area contributed by atoms with Gasteiger partial charge in [-0.2, -0.15) is 0 Å². The summed E-state index contributed by atoms with van der Waals surface area (Å²) in [7, 11) is -3.15. The first kappa shape index (κ1) is 22.7. The number of sulfone groups is 1. The molecule has 4 rings (SSSR count). The highest BCUT2D eigenvalue weighted by molar-refractivity contribution is 7.91. The molecule has 0 unspecified atom stereocenters. The van der Waals surface area contributed by atoms with Crippen molar-refractivity contribution < 1.29 is 22.9 Å². The van der Waals surface area contributed by atoms with Gasteiger partial charge in [-0.3, -0.25) is 19.7 Å². The van der Waals surface area contributed by atoms with Crippen LogP contribution in [0.2, 0.25) is 5.02 Å². The van der Waals surface area contributed by atoms with E-state index in [1.807, 2.05) is 0 Å². The number of fused-ring (bicyclic) bond motifs is 1. The van der Waals surface area contributed by atoms with Crippen molar-refractivity contribution in [3.63, 3.8) is 0 Å². The zero-order valence-corrected chi connectivity index (χ0v) is 19.2. The van der Waals surface area contributed by atoms with Gasteiger partial charge in [-0.25, -0.2) is 8.42 Å². The van der Waals surface area contributed by atoms with Crippen LogP contribution >= 0.6 is 22.9 Å². The molecule has 1 saturated heterocycles. The average molecular weight is 498 g/mol. The first-order chi connectivity index (χ1) is 15.1. The van der Waals surface area contributed by atoms with Gasteiger partial charge in [0.15, 0.2) is 9.84 Å².